The van der Waals surface area contributed by atoms with E-state index in [1.165, 1.54) is 0 Å². The zero-order valence-electron chi connectivity index (χ0n) is 9.08. The van der Waals surface area contributed by atoms with E-state index in [0.717, 1.165) is 5.82 Å². The molecule has 0 fully saturated rings. The Kier molecular flexibility index (Phi) is 2.67. The summed E-state index contributed by atoms with van der Waals surface area (Å²) in [4.78, 5) is 16.1. The highest BCUT2D eigenvalue weighted by Crippen LogP contribution is 2.10. The second-order valence-corrected chi connectivity index (χ2v) is 3.05. The van der Waals surface area contributed by atoms with Crippen LogP contribution in [0.3, 0.4) is 0 Å². The zero-order valence-corrected chi connectivity index (χ0v) is 9.08. The lowest BCUT2D eigenvalue weighted by Crippen LogP contribution is -2.09. The Balaban J connectivity index is 2.45. The summed E-state index contributed by atoms with van der Waals surface area (Å²) >= 11 is 0. The van der Waals surface area contributed by atoms with Gasteiger partial charge in [-0.2, -0.15) is 15.0 Å². The van der Waals surface area contributed by atoms with E-state index in [1.54, 1.807) is 17.0 Å². The Morgan fingerprint density at radius 1 is 1.38 bits per heavy atom. The average Bonchev–Trinajstić information content (AvgIpc) is 2.64. The van der Waals surface area contributed by atoms with Crippen molar-refractivity contribution in [2.75, 3.05) is 12.3 Å². The van der Waals surface area contributed by atoms with Crippen molar-refractivity contribution < 1.29 is 4.74 Å². The van der Waals surface area contributed by atoms with Crippen molar-refractivity contribution in [1.29, 1.82) is 0 Å². The molecule has 0 amide bonds. The van der Waals surface area contributed by atoms with Crippen LogP contribution < -0.4 is 10.5 Å². The molecule has 0 atom stereocenters. The van der Waals surface area contributed by atoms with Crippen molar-refractivity contribution in [2.45, 2.75) is 13.8 Å². The maximum atomic E-state index is 5.57. The maximum Gasteiger partial charge on any atom is 0.323 e. The van der Waals surface area contributed by atoms with Crippen LogP contribution in [0, 0.1) is 6.92 Å². The molecule has 0 aliphatic carbocycles. The molecule has 2 heterocycles. The number of nitrogens with two attached hydrogens (primary N) is 1. The number of aromatic nitrogens is 5. The number of rotatable bonds is 3. The lowest BCUT2D eigenvalue weighted by Gasteiger charge is -2.06. The molecule has 0 bridgehead atoms. The summed E-state index contributed by atoms with van der Waals surface area (Å²) in [6.45, 7) is 4.17. The molecule has 0 unspecified atom stereocenters. The van der Waals surface area contributed by atoms with Crippen LogP contribution in [0.1, 0.15) is 12.7 Å². The standard InChI is InChI=1S/C9H12N6O/c1-3-16-9-13-7(10)12-8(14-9)15-5-4-11-6(15)2/h4-5H,3H2,1-2H3,(H2,10,12,13,14). The maximum absolute atomic E-state index is 5.57. The van der Waals surface area contributed by atoms with Gasteiger partial charge in [-0.15, -0.1) is 0 Å². The molecule has 16 heavy (non-hydrogen) atoms. The lowest BCUT2D eigenvalue weighted by molar-refractivity contribution is 0.311. The van der Waals surface area contributed by atoms with Gasteiger partial charge in [-0.1, -0.05) is 0 Å². The molecule has 7 heteroatoms. The van der Waals surface area contributed by atoms with E-state index in [2.05, 4.69) is 19.9 Å². The summed E-state index contributed by atoms with van der Waals surface area (Å²) in [7, 11) is 0. The molecule has 7 nitrogen and oxygen atoms in total. The van der Waals surface area contributed by atoms with Gasteiger partial charge < -0.3 is 10.5 Å². The van der Waals surface area contributed by atoms with Gasteiger partial charge in [0.05, 0.1) is 6.61 Å². The molecule has 84 valence electrons. The molecule has 2 N–H and O–H groups in total. The van der Waals surface area contributed by atoms with Crippen LogP contribution in [0.4, 0.5) is 5.95 Å². The Morgan fingerprint density at radius 3 is 2.81 bits per heavy atom. The van der Waals surface area contributed by atoms with Crippen LogP contribution in [0.5, 0.6) is 6.01 Å². The van der Waals surface area contributed by atoms with Gasteiger partial charge in [-0.05, 0) is 13.8 Å². The fourth-order valence-electron chi connectivity index (χ4n) is 1.25. The van der Waals surface area contributed by atoms with E-state index < -0.39 is 0 Å². The van der Waals surface area contributed by atoms with E-state index in [-0.39, 0.29) is 12.0 Å². The normalized spacial score (nSPS) is 10.4. The minimum atomic E-state index is 0.126. The van der Waals surface area contributed by atoms with Gasteiger partial charge in [0.1, 0.15) is 5.82 Å². The highest BCUT2D eigenvalue weighted by atomic mass is 16.5. The second-order valence-electron chi connectivity index (χ2n) is 3.05. The fraction of sp³-hybridized carbons (Fsp3) is 0.333. The molecule has 0 aromatic carbocycles. The Bertz CT molecular complexity index is 494. The van der Waals surface area contributed by atoms with Crippen molar-refractivity contribution in [3.63, 3.8) is 0 Å². The van der Waals surface area contributed by atoms with Crippen molar-refractivity contribution in [1.82, 2.24) is 24.5 Å². The highest BCUT2D eigenvalue weighted by Gasteiger charge is 2.08. The summed E-state index contributed by atoms with van der Waals surface area (Å²) in [5.74, 6) is 1.31. The number of ether oxygens (including phenoxy) is 1. The van der Waals surface area contributed by atoms with Crippen molar-refractivity contribution >= 4 is 5.95 Å². The Morgan fingerprint density at radius 2 is 2.19 bits per heavy atom. The van der Waals surface area contributed by atoms with Gasteiger partial charge in [0.2, 0.25) is 11.9 Å². The lowest BCUT2D eigenvalue weighted by atomic mass is 10.7. The predicted octanol–water partition coefficient (Wildman–Crippen LogP) is 0.347. The molecule has 0 spiro atoms. The van der Waals surface area contributed by atoms with Crippen LogP contribution in [0.15, 0.2) is 12.4 Å². The minimum Gasteiger partial charge on any atom is -0.464 e. The number of anilines is 1. The van der Waals surface area contributed by atoms with Crippen LogP contribution in [0.2, 0.25) is 0 Å². The number of hydrogen-bond acceptors (Lipinski definition) is 6. The third kappa shape index (κ3) is 1.92. The molecule has 0 saturated heterocycles. The summed E-state index contributed by atoms with van der Waals surface area (Å²) in [6.07, 6.45) is 3.41. The van der Waals surface area contributed by atoms with Crippen molar-refractivity contribution in [3.05, 3.63) is 18.2 Å². The van der Waals surface area contributed by atoms with E-state index >= 15 is 0 Å². The number of nitrogens with zero attached hydrogens (tertiary/aromatic N) is 5. The molecule has 2 rings (SSSR count). The summed E-state index contributed by atoms with van der Waals surface area (Å²) < 4.78 is 6.90. The average molecular weight is 220 g/mol. The number of nitrogen functional groups attached to an aromatic ring is 1. The molecule has 0 aliphatic rings. The number of hydrogen-bond donors (Lipinski definition) is 1. The molecule has 0 aliphatic heterocycles. The second kappa shape index (κ2) is 4.13. The van der Waals surface area contributed by atoms with Crippen LogP contribution in [0.25, 0.3) is 5.95 Å². The van der Waals surface area contributed by atoms with Crippen LogP contribution >= 0.6 is 0 Å². The van der Waals surface area contributed by atoms with Crippen LogP contribution in [-0.2, 0) is 0 Å². The van der Waals surface area contributed by atoms with Crippen molar-refractivity contribution in [3.8, 4) is 12.0 Å². The molecular weight excluding hydrogens is 208 g/mol. The molecule has 0 radical (unpaired) electrons. The Labute approximate surface area is 92.3 Å². The van der Waals surface area contributed by atoms with E-state index in [9.17, 15) is 0 Å². The zero-order chi connectivity index (χ0) is 11.5. The largest absolute Gasteiger partial charge is 0.464 e. The minimum absolute atomic E-state index is 0.126. The predicted molar refractivity (Wildman–Crippen MR) is 57.3 cm³/mol. The van der Waals surface area contributed by atoms with Gasteiger partial charge in [0.25, 0.3) is 0 Å². The van der Waals surface area contributed by atoms with E-state index in [4.69, 9.17) is 10.5 Å². The van der Waals surface area contributed by atoms with Crippen LogP contribution in [-0.4, -0.2) is 31.1 Å². The monoisotopic (exact) mass is 220 g/mol. The van der Waals surface area contributed by atoms with Crippen molar-refractivity contribution in [2.24, 2.45) is 0 Å². The Hall–Kier alpha value is -2.18. The first kappa shape index (κ1) is 10.3. The third-order valence-electron chi connectivity index (χ3n) is 1.94. The summed E-state index contributed by atoms with van der Waals surface area (Å²) in [5, 5.41) is 0. The smallest absolute Gasteiger partial charge is 0.323 e. The number of aryl methyl sites for hydroxylation is 1. The fourth-order valence-corrected chi connectivity index (χ4v) is 1.25. The quantitative estimate of drug-likeness (QED) is 0.802. The molecule has 2 aromatic heterocycles. The number of imidazole rings is 1. The summed E-state index contributed by atoms with van der Waals surface area (Å²) in [6, 6.07) is 0.220. The molecule has 0 saturated carbocycles. The third-order valence-corrected chi connectivity index (χ3v) is 1.94. The molecular formula is C9H12N6O. The van der Waals surface area contributed by atoms with E-state index in [0.29, 0.717) is 12.6 Å². The summed E-state index contributed by atoms with van der Waals surface area (Å²) in [5.41, 5.74) is 5.57. The van der Waals surface area contributed by atoms with E-state index in [1.807, 2.05) is 13.8 Å². The highest BCUT2D eigenvalue weighted by molar-refractivity contribution is 5.26. The van der Waals surface area contributed by atoms with Gasteiger partial charge in [-0.3, -0.25) is 4.57 Å². The van der Waals surface area contributed by atoms with Gasteiger partial charge in [-0.25, -0.2) is 4.98 Å². The SMILES string of the molecule is CCOc1nc(N)nc(-n2ccnc2C)n1. The van der Waals surface area contributed by atoms with Gasteiger partial charge >= 0.3 is 6.01 Å². The first-order valence-electron chi connectivity index (χ1n) is 4.85. The topological polar surface area (TPSA) is 91.7 Å². The first-order chi connectivity index (χ1) is 7.70. The van der Waals surface area contributed by atoms with Gasteiger partial charge in [0.15, 0.2) is 0 Å². The first-order valence-corrected chi connectivity index (χ1v) is 4.85. The van der Waals surface area contributed by atoms with Gasteiger partial charge in [0, 0.05) is 12.4 Å². The molecule has 2 aromatic rings.